The summed E-state index contributed by atoms with van der Waals surface area (Å²) < 4.78 is 26.8. The van der Waals surface area contributed by atoms with E-state index in [2.05, 4.69) is 4.72 Å². The first-order chi connectivity index (χ1) is 11.2. The topological polar surface area (TPSA) is 104 Å². The Morgan fingerprint density at radius 2 is 1.83 bits per heavy atom. The van der Waals surface area contributed by atoms with Gasteiger partial charge in [0.25, 0.3) is 15.9 Å². The van der Waals surface area contributed by atoms with Crippen molar-refractivity contribution in [3.63, 3.8) is 0 Å². The van der Waals surface area contributed by atoms with Gasteiger partial charge in [0.05, 0.1) is 0 Å². The molecule has 7 nitrogen and oxygen atoms in total. The molecule has 128 valence electrons. The molecule has 0 aliphatic carbocycles. The van der Waals surface area contributed by atoms with E-state index >= 15 is 0 Å². The van der Waals surface area contributed by atoms with Crippen LogP contribution in [0.25, 0.3) is 0 Å². The Morgan fingerprint density at radius 1 is 1.21 bits per heavy atom. The molecule has 1 unspecified atom stereocenters. The lowest BCUT2D eigenvalue weighted by molar-refractivity contribution is -0.141. The zero-order valence-corrected chi connectivity index (χ0v) is 14.6. The molecule has 1 heterocycles. The summed E-state index contributed by atoms with van der Waals surface area (Å²) in [5.41, 5.74) is 0.582. The number of carbonyl (C=O) groups excluding carboxylic acids is 1. The van der Waals surface area contributed by atoms with Gasteiger partial charge in [0.1, 0.15) is 10.3 Å². The molecule has 2 aromatic rings. The predicted molar refractivity (Wildman–Crippen MR) is 90.8 cm³/mol. The van der Waals surface area contributed by atoms with Gasteiger partial charge in [0.15, 0.2) is 0 Å². The number of carbonyl (C=O) groups is 2. The van der Waals surface area contributed by atoms with Crippen LogP contribution in [-0.2, 0) is 14.8 Å². The van der Waals surface area contributed by atoms with Crippen molar-refractivity contribution in [3.05, 3.63) is 47.3 Å². The molecule has 1 aromatic heterocycles. The van der Waals surface area contributed by atoms with Crippen LogP contribution in [0.15, 0.2) is 46.0 Å². The summed E-state index contributed by atoms with van der Waals surface area (Å²) in [7, 11) is -2.25. The lowest BCUT2D eigenvalue weighted by Crippen LogP contribution is -2.40. The second-order valence-corrected chi connectivity index (χ2v) is 7.90. The number of benzene rings is 1. The summed E-state index contributed by atoms with van der Waals surface area (Å²) in [6.45, 7) is 1.41. The van der Waals surface area contributed by atoms with Crippen LogP contribution in [0.5, 0.6) is 0 Å². The molecule has 1 atom stereocenters. The third-order valence-electron chi connectivity index (χ3n) is 3.40. The lowest BCUT2D eigenvalue weighted by Gasteiger charge is -2.21. The van der Waals surface area contributed by atoms with Gasteiger partial charge in [-0.3, -0.25) is 9.52 Å². The average Bonchev–Trinajstić information content (AvgIpc) is 3.08. The number of aliphatic carboxylic acids is 1. The third kappa shape index (κ3) is 3.92. The molecule has 0 saturated heterocycles. The van der Waals surface area contributed by atoms with E-state index in [9.17, 15) is 18.0 Å². The Bertz CT molecular complexity index is 829. The average molecular weight is 368 g/mol. The molecule has 0 radical (unpaired) electrons. The predicted octanol–water partition coefficient (Wildman–Crippen LogP) is 2.09. The summed E-state index contributed by atoms with van der Waals surface area (Å²) in [5.74, 6) is -1.57. The standard InChI is InChI=1S/C15H16N2O5S2/c1-10(15(19)20)17(2)14(18)11-5-7-12(8-6-11)16-24(21,22)13-4-3-9-23-13/h3-10,16H,1-2H3,(H,19,20). The number of carboxylic acids is 1. The van der Waals surface area contributed by atoms with Gasteiger partial charge < -0.3 is 10.0 Å². The minimum atomic E-state index is -3.65. The molecule has 24 heavy (non-hydrogen) atoms. The van der Waals surface area contributed by atoms with Crippen molar-refractivity contribution < 1.29 is 23.1 Å². The van der Waals surface area contributed by atoms with Gasteiger partial charge in [-0.2, -0.15) is 0 Å². The summed E-state index contributed by atoms with van der Waals surface area (Å²) in [6, 6.07) is 7.97. The number of amides is 1. The third-order valence-corrected chi connectivity index (χ3v) is 6.18. The molecular formula is C15H16N2O5S2. The fourth-order valence-electron chi connectivity index (χ4n) is 1.85. The Morgan fingerprint density at radius 3 is 2.33 bits per heavy atom. The molecule has 2 N–H and O–H groups in total. The highest BCUT2D eigenvalue weighted by molar-refractivity contribution is 7.94. The van der Waals surface area contributed by atoms with Crippen molar-refractivity contribution in [1.82, 2.24) is 4.90 Å². The van der Waals surface area contributed by atoms with Gasteiger partial charge in [-0.15, -0.1) is 11.3 Å². The largest absolute Gasteiger partial charge is 0.480 e. The number of likely N-dealkylation sites (N-methyl/N-ethyl adjacent to an activating group) is 1. The first kappa shape index (κ1) is 18.0. The second-order valence-electron chi connectivity index (χ2n) is 5.05. The molecule has 1 amide bonds. The van der Waals surface area contributed by atoms with Gasteiger partial charge in [-0.25, -0.2) is 13.2 Å². The van der Waals surface area contributed by atoms with Crippen molar-refractivity contribution in [3.8, 4) is 0 Å². The van der Waals surface area contributed by atoms with Crippen molar-refractivity contribution in [2.75, 3.05) is 11.8 Å². The maximum Gasteiger partial charge on any atom is 0.326 e. The summed E-state index contributed by atoms with van der Waals surface area (Å²) in [5, 5.41) is 10.6. The number of hydrogen-bond acceptors (Lipinski definition) is 5. The van der Waals surface area contributed by atoms with Gasteiger partial charge >= 0.3 is 5.97 Å². The van der Waals surface area contributed by atoms with Crippen LogP contribution in [-0.4, -0.2) is 43.4 Å². The van der Waals surface area contributed by atoms with E-state index in [1.165, 1.54) is 44.3 Å². The number of hydrogen-bond donors (Lipinski definition) is 2. The monoisotopic (exact) mass is 368 g/mol. The highest BCUT2D eigenvalue weighted by Gasteiger charge is 2.23. The molecule has 1 aromatic carbocycles. The Kier molecular flexibility index (Phi) is 5.25. The van der Waals surface area contributed by atoms with Crippen LogP contribution in [0.2, 0.25) is 0 Å². The van der Waals surface area contributed by atoms with Crippen LogP contribution in [0, 0.1) is 0 Å². The lowest BCUT2D eigenvalue weighted by atomic mass is 10.1. The fraction of sp³-hybridized carbons (Fsp3) is 0.200. The highest BCUT2D eigenvalue weighted by Crippen LogP contribution is 2.20. The van der Waals surface area contributed by atoms with Gasteiger partial charge in [-0.05, 0) is 42.6 Å². The van der Waals surface area contributed by atoms with Gasteiger partial charge in [-0.1, -0.05) is 6.07 Å². The summed E-state index contributed by atoms with van der Waals surface area (Å²) in [6.07, 6.45) is 0. The van der Waals surface area contributed by atoms with Crippen LogP contribution in [0.4, 0.5) is 5.69 Å². The normalized spacial score (nSPS) is 12.4. The van der Waals surface area contributed by atoms with E-state index in [1.807, 2.05) is 0 Å². The van der Waals surface area contributed by atoms with Crippen molar-refractivity contribution in [1.29, 1.82) is 0 Å². The van der Waals surface area contributed by atoms with E-state index < -0.39 is 27.9 Å². The van der Waals surface area contributed by atoms with Gasteiger partial charge in [0.2, 0.25) is 0 Å². The van der Waals surface area contributed by atoms with E-state index in [4.69, 9.17) is 5.11 Å². The van der Waals surface area contributed by atoms with E-state index in [0.717, 1.165) is 16.2 Å². The molecule has 0 aliphatic heterocycles. The maximum atomic E-state index is 12.2. The summed E-state index contributed by atoms with van der Waals surface area (Å²) in [4.78, 5) is 24.2. The van der Waals surface area contributed by atoms with Crippen molar-refractivity contribution in [2.45, 2.75) is 17.2 Å². The second kappa shape index (κ2) is 7.02. The molecule has 0 saturated carbocycles. The van der Waals surface area contributed by atoms with E-state index in [0.29, 0.717) is 5.69 Å². The maximum absolute atomic E-state index is 12.2. The number of nitrogens with one attached hydrogen (secondary N) is 1. The molecule has 2 rings (SSSR count). The minimum Gasteiger partial charge on any atom is -0.480 e. The minimum absolute atomic E-state index is 0.192. The quantitative estimate of drug-likeness (QED) is 0.812. The Hall–Kier alpha value is -2.39. The van der Waals surface area contributed by atoms with E-state index in [1.54, 1.807) is 11.4 Å². The molecule has 0 spiro atoms. The first-order valence-corrected chi connectivity index (χ1v) is 9.25. The summed E-state index contributed by atoms with van der Waals surface area (Å²) >= 11 is 1.10. The number of carboxylic acid groups (broad SMARTS) is 1. The SMILES string of the molecule is CC(C(=O)O)N(C)C(=O)c1ccc(NS(=O)(=O)c2cccs2)cc1. The molecule has 0 fully saturated rings. The number of rotatable bonds is 6. The molecule has 9 heteroatoms. The van der Waals surface area contributed by atoms with E-state index in [-0.39, 0.29) is 9.77 Å². The number of sulfonamides is 1. The van der Waals surface area contributed by atoms with Crippen molar-refractivity contribution in [2.24, 2.45) is 0 Å². The van der Waals surface area contributed by atoms with Crippen LogP contribution >= 0.6 is 11.3 Å². The van der Waals surface area contributed by atoms with Crippen LogP contribution in [0.1, 0.15) is 17.3 Å². The highest BCUT2D eigenvalue weighted by atomic mass is 32.2. The fourth-order valence-corrected chi connectivity index (χ4v) is 3.90. The first-order valence-electron chi connectivity index (χ1n) is 6.89. The van der Waals surface area contributed by atoms with Gasteiger partial charge in [0, 0.05) is 18.3 Å². The van der Waals surface area contributed by atoms with Crippen molar-refractivity contribution >= 4 is 38.9 Å². The Labute approximate surface area is 143 Å². The number of nitrogens with zero attached hydrogens (tertiary/aromatic N) is 1. The molecule has 0 bridgehead atoms. The van der Waals surface area contributed by atoms with Crippen LogP contribution < -0.4 is 4.72 Å². The number of thiophene rings is 1. The Balaban J connectivity index is 2.14. The number of anilines is 1. The van der Waals surface area contributed by atoms with Crippen LogP contribution in [0.3, 0.4) is 0 Å². The zero-order valence-electron chi connectivity index (χ0n) is 13.0. The smallest absolute Gasteiger partial charge is 0.326 e. The zero-order chi connectivity index (χ0) is 17.9. The molecule has 0 aliphatic rings. The molecular weight excluding hydrogens is 352 g/mol.